The van der Waals surface area contributed by atoms with E-state index in [2.05, 4.69) is 10.1 Å². The predicted octanol–water partition coefficient (Wildman–Crippen LogP) is 2.54. The molecule has 0 spiro atoms. The van der Waals surface area contributed by atoms with E-state index in [1.54, 1.807) is 0 Å². The zero-order valence-corrected chi connectivity index (χ0v) is 16.9. The molecule has 5 heterocycles. The number of ether oxygens (including phenoxy) is 1. The molecule has 0 saturated carbocycles. The number of alkyl halides is 5. The topological polar surface area (TPSA) is 68.4 Å². The van der Waals surface area contributed by atoms with E-state index in [1.807, 2.05) is 4.90 Å². The van der Waals surface area contributed by atoms with Crippen LogP contribution < -0.4 is 15.4 Å². The Morgan fingerprint density at radius 3 is 2.53 bits per heavy atom. The fraction of sp³-hybridized carbons (Fsp3) is 0.632. The van der Waals surface area contributed by atoms with Crippen LogP contribution in [0.3, 0.4) is 0 Å². The largest absolute Gasteiger partial charge is 0.408 e. The number of morpholine rings is 1. The van der Waals surface area contributed by atoms with Crippen molar-refractivity contribution in [3.05, 3.63) is 34.4 Å². The van der Waals surface area contributed by atoms with Crippen LogP contribution in [-0.4, -0.2) is 56.8 Å². The first-order chi connectivity index (χ1) is 15.2. The lowest BCUT2D eigenvalue weighted by atomic mass is 10.1. The molecule has 2 aromatic heterocycles. The highest BCUT2D eigenvalue weighted by atomic mass is 19.4. The molecular formula is C19H21F5N6O2. The number of nitrogens with zero attached hydrogens (tertiary/aromatic N) is 6. The summed E-state index contributed by atoms with van der Waals surface area (Å²) in [5.41, 5.74) is -0.580. The van der Waals surface area contributed by atoms with Crippen LogP contribution in [0.25, 0.3) is 0 Å². The molecule has 3 atom stereocenters. The first-order valence-electron chi connectivity index (χ1n) is 10.4. The van der Waals surface area contributed by atoms with Gasteiger partial charge in [-0.05, 0) is 25.3 Å². The summed E-state index contributed by atoms with van der Waals surface area (Å²) in [4.78, 5) is 20.0. The van der Waals surface area contributed by atoms with E-state index in [0.29, 0.717) is 17.8 Å². The van der Waals surface area contributed by atoms with Crippen LogP contribution >= 0.6 is 0 Å². The van der Waals surface area contributed by atoms with E-state index < -0.39 is 30.9 Å². The Balaban J connectivity index is 1.56. The van der Waals surface area contributed by atoms with Gasteiger partial charge in [0.05, 0.1) is 24.4 Å². The fourth-order valence-electron chi connectivity index (χ4n) is 4.76. The second kappa shape index (κ2) is 7.71. The van der Waals surface area contributed by atoms with E-state index in [4.69, 9.17) is 4.74 Å². The van der Waals surface area contributed by atoms with Gasteiger partial charge in [0.15, 0.2) is 0 Å². The van der Waals surface area contributed by atoms with Gasteiger partial charge in [0.2, 0.25) is 5.95 Å². The van der Waals surface area contributed by atoms with E-state index in [9.17, 15) is 26.7 Å². The van der Waals surface area contributed by atoms with Crippen LogP contribution in [0.15, 0.2) is 23.1 Å². The predicted molar refractivity (Wildman–Crippen MR) is 103 cm³/mol. The van der Waals surface area contributed by atoms with Crippen molar-refractivity contribution in [2.24, 2.45) is 0 Å². The lowest BCUT2D eigenvalue weighted by Crippen LogP contribution is -2.52. The minimum atomic E-state index is -4.63. The Labute approximate surface area is 179 Å². The molecule has 13 heteroatoms. The van der Waals surface area contributed by atoms with Crippen molar-refractivity contribution in [3.8, 4) is 0 Å². The molecule has 0 amide bonds. The summed E-state index contributed by atoms with van der Waals surface area (Å²) >= 11 is 0. The maximum absolute atomic E-state index is 13.9. The van der Waals surface area contributed by atoms with Crippen LogP contribution in [0.4, 0.5) is 33.7 Å². The van der Waals surface area contributed by atoms with Gasteiger partial charge in [-0.25, -0.2) is 4.68 Å². The van der Waals surface area contributed by atoms with E-state index in [1.165, 1.54) is 16.7 Å². The molecule has 0 N–H and O–H groups in total. The smallest absolute Gasteiger partial charge is 0.371 e. The second-order valence-corrected chi connectivity index (χ2v) is 8.29. The fourth-order valence-corrected chi connectivity index (χ4v) is 4.76. The molecule has 2 bridgehead atoms. The first kappa shape index (κ1) is 21.2. The van der Waals surface area contributed by atoms with Crippen LogP contribution in [0.2, 0.25) is 0 Å². The van der Waals surface area contributed by atoms with E-state index >= 15 is 0 Å². The number of halogens is 5. The molecule has 2 saturated heterocycles. The number of aromatic nitrogens is 4. The van der Waals surface area contributed by atoms with Crippen LogP contribution in [0, 0.1) is 0 Å². The van der Waals surface area contributed by atoms with Crippen molar-refractivity contribution < 1.29 is 26.7 Å². The summed E-state index contributed by atoms with van der Waals surface area (Å²) in [5.74, 6) is 0.0959. The molecule has 2 fully saturated rings. The minimum Gasteiger partial charge on any atom is -0.371 e. The highest BCUT2D eigenvalue weighted by molar-refractivity contribution is 5.47. The number of anilines is 2. The number of hydrogen-bond donors (Lipinski definition) is 0. The zero-order valence-electron chi connectivity index (χ0n) is 16.9. The van der Waals surface area contributed by atoms with Gasteiger partial charge in [-0.2, -0.15) is 32.0 Å². The SMILES string of the molecule is O=c1cc(N2CC3CCC(C2)O3)nc2n1CCC(C(F)(F)F)N2Cc1ccnn1C(F)F. The third-order valence-electron chi connectivity index (χ3n) is 6.25. The van der Waals surface area contributed by atoms with Crippen LogP contribution in [0.1, 0.15) is 31.5 Å². The van der Waals surface area contributed by atoms with Gasteiger partial charge >= 0.3 is 12.7 Å². The van der Waals surface area contributed by atoms with Gasteiger partial charge in [-0.1, -0.05) is 0 Å². The lowest BCUT2D eigenvalue weighted by molar-refractivity contribution is -0.153. The van der Waals surface area contributed by atoms with Gasteiger partial charge in [-0.3, -0.25) is 9.36 Å². The molecular weight excluding hydrogens is 439 g/mol. The van der Waals surface area contributed by atoms with E-state index in [0.717, 1.165) is 23.9 Å². The Bertz CT molecular complexity index is 1040. The maximum Gasteiger partial charge on any atom is 0.408 e. The van der Waals surface area contributed by atoms with Gasteiger partial charge in [0.25, 0.3) is 5.56 Å². The molecule has 8 nitrogen and oxygen atoms in total. The number of rotatable bonds is 4. The summed E-state index contributed by atoms with van der Waals surface area (Å²) < 4.78 is 75.5. The quantitative estimate of drug-likeness (QED) is 0.654. The van der Waals surface area contributed by atoms with Crippen molar-refractivity contribution in [1.82, 2.24) is 19.3 Å². The van der Waals surface area contributed by atoms with Gasteiger partial charge in [0, 0.05) is 31.9 Å². The molecule has 32 heavy (non-hydrogen) atoms. The molecule has 3 unspecified atom stereocenters. The minimum absolute atomic E-state index is 0.00578. The molecule has 2 aromatic rings. The van der Waals surface area contributed by atoms with Crippen molar-refractivity contribution in [3.63, 3.8) is 0 Å². The third-order valence-corrected chi connectivity index (χ3v) is 6.25. The molecule has 5 rings (SSSR count). The standard InChI is InChI=1S/C19H21F5N6O2/c20-17(21)30-11(3-5-25-30)8-29-14(19(22,23)24)4-6-28-16(31)7-15(26-18(28)29)27-9-12-1-2-13(10-27)32-12/h3,5,7,12-14,17H,1-2,4,6,8-10H2. The molecule has 0 aliphatic carbocycles. The van der Waals surface area contributed by atoms with Crippen LogP contribution in [-0.2, 0) is 17.8 Å². The van der Waals surface area contributed by atoms with Crippen molar-refractivity contribution in [2.75, 3.05) is 22.9 Å². The van der Waals surface area contributed by atoms with Gasteiger partial charge in [0.1, 0.15) is 11.9 Å². The Morgan fingerprint density at radius 2 is 1.88 bits per heavy atom. The van der Waals surface area contributed by atoms with Gasteiger partial charge < -0.3 is 14.5 Å². The Kier molecular flexibility index (Phi) is 5.10. The van der Waals surface area contributed by atoms with Crippen LogP contribution in [0.5, 0.6) is 0 Å². The van der Waals surface area contributed by atoms with Crippen molar-refractivity contribution in [2.45, 2.75) is 63.3 Å². The molecule has 0 radical (unpaired) electrons. The second-order valence-electron chi connectivity index (χ2n) is 8.29. The average molecular weight is 460 g/mol. The lowest BCUT2D eigenvalue weighted by Gasteiger charge is -2.40. The summed E-state index contributed by atoms with van der Waals surface area (Å²) in [5, 5.41) is 3.50. The number of hydrogen-bond acceptors (Lipinski definition) is 6. The van der Waals surface area contributed by atoms with E-state index in [-0.39, 0.29) is 42.6 Å². The monoisotopic (exact) mass is 460 g/mol. The average Bonchev–Trinajstić information content (AvgIpc) is 3.33. The summed E-state index contributed by atoms with van der Waals surface area (Å²) in [6, 6.07) is 0.593. The Morgan fingerprint density at radius 1 is 1.16 bits per heavy atom. The highest BCUT2D eigenvalue weighted by Gasteiger charge is 2.47. The summed E-state index contributed by atoms with van der Waals surface area (Å²) in [7, 11) is 0. The molecule has 3 aliphatic heterocycles. The summed E-state index contributed by atoms with van der Waals surface area (Å²) in [6.07, 6.45) is -2.17. The van der Waals surface area contributed by atoms with Gasteiger partial charge in [-0.15, -0.1) is 0 Å². The van der Waals surface area contributed by atoms with Crippen molar-refractivity contribution in [1.29, 1.82) is 0 Å². The molecule has 0 aromatic carbocycles. The molecule has 3 aliphatic rings. The number of fused-ring (bicyclic) bond motifs is 3. The zero-order chi connectivity index (χ0) is 22.6. The van der Waals surface area contributed by atoms with Crippen molar-refractivity contribution >= 4 is 11.8 Å². The Hall–Kier alpha value is -2.70. The molecule has 174 valence electrons. The normalized spacial score (nSPS) is 25.5. The maximum atomic E-state index is 13.9. The third kappa shape index (κ3) is 3.71. The highest BCUT2D eigenvalue weighted by Crippen LogP contribution is 2.36. The first-order valence-corrected chi connectivity index (χ1v) is 10.4. The summed E-state index contributed by atoms with van der Waals surface area (Å²) in [6.45, 7) is -2.69.